The lowest BCUT2D eigenvalue weighted by Gasteiger charge is -2.64. The lowest BCUT2D eigenvalue weighted by atomic mass is 9.43. The summed E-state index contributed by atoms with van der Waals surface area (Å²) in [6, 6.07) is 0. The van der Waals surface area contributed by atoms with Gasteiger partial charge in [-0.15, -0.1) is 0 Å². The molecule has 2 aliphatic heterocycles. The molecule has 2 bridgehead atoms. The summed E-state index contributed by atoms with van der Waals surface area (Å²) in [5.41, 5.74) is 0.285. The highest BCUT2D eigenvalue weighted by Gasteiger charge is 2.64. The Morgan fingerprint density at radius 1 is 1.38 bits per heavy atom. The van der Waals surface area contributed by atoms with Crippen molar-refractivity contribution in [2.45, 2.75) is 39.0 Å². The molecule has 0 aromatic rings. The standard InChI is InChI=1S/C13H21NO2/c1-2-16-11(15)13-6-12(7-13,8-14-9-13)10-4-3-5-10/h10,14H,2-9H2,1H3. The zero-order valence-electron chi connectivity index (χ0n) is 10.1. The molecular formula is C13H21NO2. The molecule has 2 saturated heterocycles. The van der Waals surface area contributed by atoms with Gasteiger partial charge in [-0.2, -0.15) is 0 Å². The fraction of sp³-hybridized carbons (Fsp3) is 0.923. The number of esters is 1. The minimum absolute atomic E-state index is 0.0390. The molecule has 4 fully saturated rings. The van der Waals surface area contributed by atoms with Crippen LogP contribution >= 0.6 is 0 Å². The number of fused-ring (bicyclic) bond motifs is 2. The number of piperidine rings is 2. The van der Waals surface area contributed by atoms with Crippen molar-refractivity contribution in [1.29, 1.82) is 0 Å². The highest BCUT2D eigenvalue weighted by molar-refractivity contribution is 5.79. The van der Waals surface area contributed by atoms with Crippen LogP contribution in [0.3, 0.4) is 0 Å². The molecule has 0 spiro atoms. The van der Waals surface area contributed by atoms with Gasteiger partial charge in [-0.05, 0) is 43.9 Å². The molecule has 1 N–H and O–H groups in total. The highest BCUT2D eigenvalue weighted by Crippen LogP contribution is 2.64. The number of carbonyl (C=O) groups excluding carboxylic acids is 1. The zero-order chi connectivity index (χ0) is 11.2. The van der Waals surface area contributed by atoms with E-state index < -0.39 is 0 Å². The van der Waals surface area contributed by atoms with Gasteiger partial charge in [0.05, 0.1) is 12.0 Å². The molecule has 2 heterocycles. The fourth-order valence-corrected chi connectivity index (χ4v) is 4.05. The van der Waals surface area contributed by atoms with Gasteiger partial charge in [0.1, 0.15) is 0 Å². The summed E-state index contributed by atoms with van der Waals surface area (Å²) in [6.07, 6.45) is 6.30. The van der Waals surface area contributed by atoms with Crippen molar-refractivity contribution in [3.8, 4) is 0 Å². The third-order valence-corrected chi connectivity index (χ3v) is 5.00. The van der Waals surface area contributed by atoms with E-state index in [0.717, 1.165) is 31.8 Å². The first-order valence-corrected chi connectivity index (χ1v) is 6.59. The third kappa shape index (κ3) is 1.27. The first-order valence-electron chi connectivity index (χ1n) is 6.59. The van der Waals surface area contributed by atoms with Crippen molar-refractivity contribution >= 4 is 5.97 Å². The molecule has 0 atom stereocenters. The number of hydrogen-bond donors (Lipinski definition) is 1. The van der Waals surface area contributed by atoms with E-state index in [1.807, 2.05) is 6.92 Å². The number of carbonyl (C=O) groups is 1. The molecule has 90 valence electrons. The molecule has 16 heavy (non-hydrogen) atoms. The van der Waals surface area contributed by atoms with Gasteiger partial charge in [-0.1, -0.05) is 6.42 Å². The number of nitrogens with one attached hydrogen (secondary N) is 1. The van der Waals surface area contributed by atoms with Gasteiger partial charge >= 0.3 is 5.97 Å². The van der Waals surface area contributed by atoms with Crippen LogP contribution in [0.25, 0.3) is 0 Å². The second kappa shape index (κ2) is 3.46. The van der Waals surface area contributed by atoms with E-state index in [0.29, 0.717) is 12.0 Å². The Morgan fingerprint density at radius 2 is 2.12 bits per heavy atom. The monoisotopic (exact) mass is 223 g/mol. The quantitative estimate of drug-likeness (QED) is 0.740. The van der Waals surface area contributed by atoms with E-state index in [1.54, 1.807) is 0 Å². The topological polar surface area (TPSA) is 38.3 Å². The molecule has 3 heteroatoms. The molecule has 3 nitrogen and oxygen atoms in total. The van der Waals surface area contributed by atoms with Crippen molar-refractivity contribution in [2.75, 3.05) is 19.7 Å². The molecule has 4 rings (SSSR count). The minimum atomic E-state index is -0.163. The van der Waals surface area contributed by atoms with Crippen molar-refractivity contribution in [3.05, 3.63) is 0 Å². The second-order valence-corrected chi connectivity index (χ2v) is 5.95. The van der Waals surface area contributed by atoms with Crippen LogP contribution in [0.2, 0.25) is 0 Å². The predicted molar refractivity (Wildman–Crippen MR) is 60.9 cm³/mol. The average molecular weight is 223 g/mol. The lowest BCUT2D eigenvalue weighted by Crippen LogP contribution is -2.68. The van der Waals surface area contributed by atoms with E-state index in [4.69, 9.17) is 4.74 Å². The van der Waals surface area contributed by atoms with E-state index in [-0.39, 0.29) is 11.4 Å². The van der Waals surface area contributed by atoms with Crippen LogP contribution in [0.1, 0.15) is 39.0 Å². The van der Waals surface area contributed by atoms with Crippen molar-refractivity contribution in [1.82, 2.24) is 5.32 Å². The predicted octanol–water partition coefficient (Wildman–Crippen LogP) is 1.72. The summed E-state index contributed by atoms with van der Waals surface area (Å²) in [5.74, 6) is 0.917. The van der Waals surface area contributed by atoms with Crippen LogP contribution < -0.4 is 5.32 Å². The Bertz CT molecular complexity index is 303. The SMILES string of the molecule is CCOC(=O)C12CNCC(C3CCC3)(C1)C2. The summed E-state index contributed by atoms with van der Waals surface area (Å²) in [6.45, 7) is 4.36. The summed E-state index contributed by atoms with van der Waals surface area (Å²) in [7, 11) is 0. The summed E-state index contributed by atoms with van der Waals surface area (Å²) in [4.78, 5) is 12.0. The van der Waals surface area contributed by atoms with Gasteiger partial charge in [-0.25, -0.2) is 0 Å². The van der Waals surface area contributed by atoms with Crippen LogP contribution in [-0.2, 0) is 9.53 Å². The molecule has 4 aliphatic rings. The van der Waals surface area contributed by atoms with E-state index in [1.165, 1.54) is 19.3 Å². The molecule has 0 aromatic carbocycles. The van der Waals surface area contributed by atoms with Gasteiger partial charge in [0.15, 0.2) is 0 Å². The van der Waals surface area contributed by atoms with Gasteiger partial charge in [0.25, 0.3) is 0 Å². The second-order valence-electron chi connectivity index (χ2n) is 5.95. The van der Waals surface area contributed by atoms with Crippen LogP contribution in [0.4, 0.5) is 0 Å². The lowest BCUT2D eigenvalue weighted by molar-refractivity contribution is -0.189. The van der Waals surface area contributed by atoms with E-state index >= 15 is 0 Å². The van der Waals surface area contributed by atoms with Crippen molar-refractivity contribution in [2.24, 2.45) is 16.7 Å². The number of ether oxygens (including phenoxy) is 1. The number of rotatable bonds is 3. The average Bonchev–Trinajstić information content (AvgIpc) is 2.14. The molecule has 0 unspecified atom stereocenters. The zero-order valence-corrected chi connectivity index (χ0v) is 10.1. The summed E-state index contributed by atoms with van der Waals surface area (Å²) < 4.78 is 5.22. The molecule has 0 aromatic heterocycles. The smallest absolute Gasteiger partial charge is 0.313 e. The maximum absolute atomic E-state index is 12.0. The minimum Gasteiger partial charge on any atom is -0.466 e. The number of hydrogen-bond acceptors (Lipinski definition) is 3. The van der Waals surface area contributed by atoms with Crippen LogP contribution in [0.15, 0.2) is 0 Å². The van der Waals surface area contributed by atoms with Crippen LogP contribution in [0.5, 0.6) is 0 Å². The Kier molecular flexibility index (Phi) is 2.29. The normalized spacial score (nSPS) is 42.1. The Morgan fingerprint density at radius 3 is 2.69 bits per heavy atom. The van der Waals surface area contributed by atoms with Gasteiger partial charge in [0, 0.05) is 13.1 Å². The largest absolute Gasteiger partial charge is 0.466 e. The summed E-state index contributed by atoms with van der Waals surface area (Å²) >= 11 is 0. The first-order chi connectivity index (χ1) is 7.71. The van der Waals surface area contributed by atoms with Crippen molar-refractivity contribution < 1.29 is 9.53 Å². The van der Waals surface area contributed by atoms with Gasteiger partial charge in [0.2, 0.25) is 0 Å². The Balaban J connectivity index is 1.70. The highest BCUT2D eigenvalue weighted by atomic mass is 16.5. The van der Waals surface area contributed by atoms with E-state index in [2.05, 4.69) is 5.32 Å². The molecule has 2 saturated carbocycles. The maximum atomic E-state index is 12.0. The fourth-order valence-electron chi connectivity index (χ4n) is 4.05. The molecular weight excluding hydrogens is 202 g/mol. The van der Waals surface area contributed by atoms with Gasteiger partial charge in [-0.3, -0.25) is 4.79 Å². The Labute approximate surface area is 96.9 Å². The Hall–Kier alpha value is -0.570. The molecule has 0 amide bonds. The maximum Gasteiger partial charge on any atom is 0.313 e. The first kappa shape index (κ1) is 10.6. The summed E-state index contributed by atoms with van der Waals surface area (Å²) in [5, 5.41) is 3.45. The van der Waals surface area contributed by atoms with Gasteiger partial charge < -0.3 is 10.1 Å². The third-order valence-electron chi connectivity index (χ3n) is 5.00. The molecule has 0 radical (unpaired) electrons. The van der Waals surface area contributed by atoms with E-state index in [9.17, 15) is 4.79 Å². The molecule has 2 aliphatic carbocycles. The van der Waals surface area contributed by atoms with Crippen LogP contribution in [-0.4, -0.2) is 25.7 Å². The van der Waals surface area contributed by atoms with Crippen molar-refractivity contribution in [3.63, 3.8) is 0 Å². The van der Waals surface area contributed by atoms with Crippen LogP contribution in [0, 0.1) is 16.7 Å².